The Labute approximate surface area is 105 Å². The number of fused-ring (bicyclic) bond motifs is 1. The zero-order valence-corrected chi connectivity index (χ0v) is 10.2. The van der Waals surface area contributed by atoms with Crippen molar-refractivity contribution < 1.29 is 4.39 Å². The van der Waals surface area contributed by atoms with Gasteiger partial charge >= 0.3 is 0 Å². The van der Waals surface area contributed by atoms with E-state index in [0.29, 0.717) is 4.47 Å². The highest BCUT2D eigenvalue weighted by Crippen LogP contribution is 2.20. The monoisotopic (exact) mass is 291 g/mol. The first-order valence-corrected chi connectivity index (χ1v) is 5.78. The molecule has 0 saturated heterocycles. The summed E-state index contributed by atoms with van der Waals surface area (Å²) in [5, 5.41) is 0. The third kappa shape index (κ3) is 1.72. The molecule has 0 fully saturated rings. The SMILES string of the molecule is Fc1cc(Br)cnc1-n1cnc2ccccc21. The van der Waals surface area contributed by atoms with Crippen LogP contribution in [0.1, 0.15) is 0 Å². The van der Waals surface area contributed by atoms with Crippen molar-refractivity contribution in [2.24, 2.45) is 0 Å². The van der Waals surface area contributed by atoms with Crippen molar-refractivity contribution in [3.8, 4) is 5.82 Å². The van der Waals surface area contributed by atoms with Crippen LogP contribution in [-0.2, 0) is 0 Å². The molecule has 0 amide bonds. The summed E-state index contributed by atoms with van der Waals surface area (Å²) in [6.45, 7) is 0. The minimum absolute atomic E-state index is 0.252. The predicted octanol–water partition coefficient (Wildman–Crippen LogP) is 3.32. The van der Waals surface area contributed by atoms with Gasteiger partial charge in [0.2, 0.25) is 0 Å². The van der Waals surface area contributed by atoms with Gasteiger partial charge in [0, 0.05) is 10.7 Å². The maximum atomic E-state index is 13.8. The molecule has 3 nitrogen and oxygen atoms in total. The van der Waals surface area contributed by atoms with Crippen LogP contribution in [0, 0.1) is 5.82 Å². The second-order valence-electron chi connectivity index (χ2n) is 3.56. The Hall–Kier alpha value is -1.75. The molecule has 1 aromatic carbocycles. The van der Waals surface area contributed by atoms with Gasteiger partial charge in [-0.15, -0.1) is 0 Å². The summed E-state index contributed by atoms with van der Waals surface area (Å²) in [4.78, 5) is 8.27. The number of nitrogens with zero attached hydrogens (tertiary/aromatic N) is 3. The summed E-state index contributed by atoms with van der Waals surface area (Å²) in [6.07, 6.45) is 3.14. The fraction of sp³-hybridized carbons (Fsp3) is 0. The number of rotatable bonds is 1. The molecule has 0 spiro atoms. The number of aromatic nitrogens is 3. The van der Waals surface area contributed by atoms with Gasteiger partial charge in [-0.3, -0.25) is 4.57 Å². The van der Waals surface area contributed by atoms with Crippen molar-refractivity contribution in [2.45, 2.75) is 0 Å². The smallest absolute Gasteiger partial charge is 0.174 e. The number of benzene rings is 1. The van der Waals surface area contributed by atoms with E-state index in [-0.39, 0.29) is 11.6 Å². The van der Waals surface area contributed by atoms with Gasteiger partial charge in [-0.05, 0) is 34.1 Å². The predicted molar refractivity (Wildman–Crippen MR) is 66.5 cm³/mol. The fourth-order valence-electron chi connectivity index (χ4n) is 1.71. The maximum Gasteiger partial charge on any atom is 0.174 e. The molecule has 2 heterocycles. The van der Waals surface area contributed by atoms with Crippen LogP contribution < -0.4 is 0 Å². The Balaban J connectivity index is 2.27. The second kappa shape index (κ2) is 3.92. The molecule has 17 heavy (non-hydrogen) atoms. The molecule has 0 atom stereocenters. The fourth-order valence-corrected chi connectivity index (χ4v) is 2.02. The van der Waals surface area contributed by atoms with Gasteiger partial charge in [-0.1, -0.05) is 12.1 Å². The van der Waals surface area contributed by atoms with Gasteiger partial charge in [0.1, 0.15) is 6.33 Å². The van der Waals surface area contributed by atoms with E-state index in [2.05, 4.69) is 25.9 Å². The number of halogens is 2. The lowest BCUT2D eigenvalue weighted by Gasteiger charge is -2.04. The molecule has 0 saturated carbocycles. The minimum Gasteiger partial charge on any atom is -0.280 e. The van der Waals surface area contributed by atoms with Crippen LogP contribution >= 0.6 is 15.9 Å². The van der Waals surface area contributed by atoms with E-state index in [1.165, 1.54) is 6.07 Å². The topological polar surface area (TPSA) is 30.7 Å². The maximum absolute atomic E-state index is 13.8. The van der Waals surface area contributed by atoms with E-state index in [1.807, 2.05) is 24.3 Å². The summed E-state index contributed by atoms with van der Waals surface area (Å²) in [7, 11) is 0. The first kappa shape index (κ1) is 10.4. The van der Waals surface area contributed by atoms with Gasteiger partial charge in [0.15, 0.2) is 11.6 Å². The van der Waals surface area contributed by atoms with Crippen LogP contribution in [0.5, 0.6) is 0 Å². The van der Waals surface area contributed by atoms with Crippen LogP contribution in [0.3, 0.4) is 0 Å². The van der Waals surface area contributed by atoms with Crippen molar-refractivity contribution in [2.75, 3.05) is 0 Å². The van der Waals surface area contributed by atoms with Crippen molar-refractivity contribution in [1.82, 2.24) is 14.5 Å². The molecule has 0 N–H and O–H groups in total. The summed E-state index contributed by atoms with van der Waals surface area (Å²) in [6, 6.07) is 8.92. The zero-order chi connectivity index (χ0) is 11.8. The van der Waals surface area contributed by atoms with Gasteiger partial charge in [-0.2, -0.15) is 0 Å². The third-order valence-corrected chi connectivity index (χ3v) is 2.90. The summed E-state index contributed by atoms with van der Waals surface area (Å²) < 4.78 is 16.1. The van der Waals surface area contributed by atoms with Crippen LogP contribution in [0.2, 0.25) is 0 Å². The lowest BCUT2D eigenvalue weighted by atomic mass is 10.3. The molecule has 3 aromatic rings. The van der Waals surface area contributed by atoms with Crippen molar-refractivity contribution in [3.63, 3.8) is 0 Å². The zero-order valence-electron chi connectivity index (χ0n) is 8.64. The Morgan fingerprint density at radius 1 is 1.18 bits per heavy atom. The molecule has 0 aliphatic carbocycles. The van der Waals surface area contributed by atoms with Crippen LogP contribution in [-0.4, -0.2) is 14.5 Å². The Kier molecular flexibility index (Phi) is 2.40. The number of hydrogen-bond acceptors (Lipinski definition) is 2. The third-order valence-electron chi connectivity index (χ3n) is 2.47. The number of pyridine rings is 1. The first-order chi connectivity index (χ1) is 8.25. The minimum atomic E-state index is -0.387. The van der Waals surface area contributed by atoms with Gasteiger partial charge in [0.05, 0.1) is 11.0 Å². The van der Waals surface area contributed by atoms with Crippen LogP contribution in [0.25, 0.3) is 16.9 Å². The summed E-state index contributed by atoms with van der Waals surface area (Å²) in [5.41, 5.74) is 1.65. The standard InChI is InChI=1S/C12H7BrFN3/c13-8-5-9(14)12(15-6-8)17-7-16-10-3-1-2-4-11(10)17/h1-7H. The summed E-state index contributed by atoms with van der Waals surface area (Å²) in [5.74, 6) is -0.135. The van der Waals surface area contributed by atoms with Crippen molar-refractivity contribution in [1.29, 1.82) is 0 Å². The Morgan fingerprint density at radius 3 is 2.82 bits per heavy atom. The molecule has 0 unspecified atom stereocenters. The van der Waals surface area contributed by atoms with Gasteiger partial charge in [-0.25, -0.2) is 14.4 Å². The number of imidazole rings is 1. The normalized spacial score (nSPS) is 10.9. The average molecular weight is 292 g/mol. The molecular weight excluding hydrogens is 285 g/mol. The Bertz CT molecular complexity index is 693. The van der Waals surface area contributed by atoms with Gasteiger partial charge < -0.3 is 0 Å². The van der Waals surface area contributed by atoms with Crippen LogP contribution in [0.4, 0.5) is 4.39 Å². The lowest BCUT2D eigenvalue weighted by molar-refractivity contribution is 0.610. The Morgan fingerprint density at radius 2 is 2.00 bits per heavy atom. The molecule has 0 radical (unpaired) electrons. The van der Waals surface area contributed by atoms with E-state index in [1.54, 1.807) is 17.1 Å². The van der Waals surface area contributed by atoms with E-state index in [4.69, 9.17) is 0 Å². The molecule has 84 valence electrons. The first-order valence-electron chi connectivity index (χ1n) is 4.99. The molecule has 3 rings (SSSR count). The molecule has 2 aromatic heterocycles. The quantitative estimate of drug-likeness (QED) is 0.689. The molecule has 5 heteroatoms. The summed E-state index contributed by atoms with van der Waals surface area (Å²) >= 11 is 3.18. The van der Waals surface area contributed by atoms with E-state index in [9.17, 15) is 4.39 Å². The van der Waals surface area contributed by atoms with E-state index in [0.717, 1.165) is 11.0 Å². The van der Waals surface area contributed by atoms with E-state index >= 15 is 0 Å². The molecular formula is C12H7BrFN3. The molecule has 0 bridgehead atoms. The highest BCUT2D eigenvalue weighted by atomic mass is 79.9. The van der Waals surface area contributed by atoms with Crippen molar-refractivity contribution >= 4 is 27.0 Å². The average Bonchev–Trinajstić information content (AvgIpc) is 2.73. The van der Waals surface area contributed by atoms with Gasteiger partial charge in [0.25, 0.3) is 0 Å². The lowest BCUT2D eigenvalue weighted by Crippen LogP contribution is -1.99. The number of hydrogen-bond donors (Lipinski definition) is 0. The van der Waals surface area contributed by atoms with Crippen molar-refractivity contribution in [3.05, 3.63) is 53.1 Å². The second-order valence-corrected chi connectivity index (χ2v) is 4.48. The highest BCUT2D eigenvalue weighted by Gasteiger charge is 2.10. The molecule has 0 aliphatic rings. The highest BCUT2D eigenvalue weighted by molar-refractivity contribution is 9.10. The van der Waals surface area contributed by atoms with Crippen LogP contribution in [0.15, 0.2) is 47.3 Å². The number of para-hydroxylation sites is 2. The molecule has 0 aliphatic heterocycles. The largest absolute Gasteiger partial charge is 0.280 e. The van der Waals surface area contributed by atoms with E-state index < -0.39 is 0 Å².